The highest BCUT2D eigenvalue weighted by atomic mass is 35.5. The van der Waals surface area contributed by atoms with Crippen molar-refractivity contribution in [1.82, 2.24) is 4.90 Å². The Morgan fingerprint density at radius 2 is 1.79 bits per heavy atom. The molecule has 0 bridgehead atoms. The van der Waals surface area contributed by atoms with E-state index in [1.807, 2.05) is 0 Å². The summed E-state index contributed by atoms with van der Waals surface area (Å²) in [5.74, 6) is -0.381. The topological polar surface area (TPSA) is 46.3 Å². The zero-order chi connectivity index (χ0) is 13.7. The summed E-state index contributed by atoms with van der Waals surface area (Å²) in [5.41, 5.74) is 6.76. The molecular formula is C13H19ClF2N2O. The quantitative estimate of drug-likeness (QED) is 0.907. The van der Waals surface area contributed by atoms with E-state index in [1.54, 1.807) is 38.1 Å². The lowest BCUT2D eigenvalue weighted by atomic mass is 10.1. The van der Waals surface area contributed by atoms with E-state index in [1.165, 1.54) is 4.90 Å². The van der Waals surface area contributed by atoms with Crippen LogP contribution in [0.5, 0.6) is 0 Å². The summed E-state index contributed by atoms with van der Waals surface area (Å²) in [6.07, 6.45) is -2.53. The second-order valence-corrected chi connectivity index (χ2v) is 4.34. The average molecular weight is 293 g/mol. The molecule has 0 heterocycles. The third-order valence-electron chi connectivity index (χ3n) is 2.66. The second kappa shape index (κ2) is 8.07. The Kier molecular flexibility index (Phi) is 7.56. The van der Waals surface area contributed by atoms with Crippen LogP contribution in [0.25, 0.3) is 0 Å². The lowest BCUT2D eigenvalue weighted by molar-refractivity contribution is 0.0476. The van der Waals surface area contributed by atoms with E-state index in [4.69, 9.17) is 5.73 Å². The predicted octanol–water partition coefficient (Wildman–Crippen LogP) is 2.68. The predicted molar refractivity (Wildman–Crippen MR) is 73.8 cm³/mol. The van der Waals surface area contributed by atoms with Crippen molar-refractivity contribution in [2.45, 2.75) is 32.9 Å². The van der Waals surface area contributed by atoms with Crippen LogP contribution in [0, 0.1) is 0 Å². The molecule has 1 aromatic rings. The second-order valence-electron chi connectivity index (χ2n) is 4.34. The van der Waals surface area contributed by atoms with Gasteiger partial charge in [0.25, 0.3) is 12.3 Å². The summed E-state index contributed by atoms with van der Waals surface area (Å²) < 4.78 is 24.9. The Morgan fingerprint density at radius 3 is 2.16 bits per heavy atom. The molecule has 0 fully saturated rings. The minimum atomic E-state index is -2.53. The molecule has 1 amide bonds. The first-order valence-electron chi connectivity index (χ1n) is 5.83. The summed E-state index contributed by atoms with van der Waals surface area (Å²) in [4.78, 5) is 13.3. The number of carbonyl (C=O) groups excluding carboxylic acids is 1. The Labute approximate surface area is 118 Å². The van der Waals surface area contributed by atoms with Crippen LogP contribution in [0.1, 0.15) is 29.8 Å². The maximum absolute atomic E-state index is 12.4. The molecule has 6 heteroatoms. The number of alkyl halides is 2. The van der Waals surface area contributed by atoms with Gasteiger partial charge in [-0.05, 0) is 31.5 Å². The van der Waals surface area contributed by atoms with Gasteiger partial charge in [0.1, 0.15) is 0 Å². The number of carbonyl (C=O) groups is 1. The highest BCUT2D eigenvalue weighted by Crippen LogP contribution is 2.12. The summed E-state index contributed by atoms with van der Waals surface area (Å²) in [6.45, 7) is 3.28. The first-order chi connectivity index (χ1) is 8.45. The molecule has 108 valence electrons. The van der Waals surface area contributed by atoms with Crippen LogP contribution in [0.3, 0.4) is 0 Å². The van der Waals surface area contributed by atoms with E-state index >= 15 is 0 Å². The van der Waals surface area contributed by atoms with Crippen molar-refractivity contribution in [2.24, 2.45) is 5.73 Å². The number of hydrogen-bond acceptors (Lipinski definition) is 2. The van der Waals surface area contributed by atoms with E-state index < -0.39 is 13.0 Å². The van der Waals surface area contributed by atoms with Crippen LogP contribution < -0.4 is 5.73 Å². The van der Waals surface area contributed by atoms with Crippen LogP contribution >= 0.6 is 12.4 Å². The molecule has 0 aliphatic heterocycles. The van der Waals surface area contributed by atoms with Crippen molar-refractivity contribution in [1.29, 1.82) is 0 Å². The summed E-state index contributed by atoms with van der Waals surface area (Å²) in [5, 5.41) is 0. The van der Waals surface area contributed by atoms with Crippen molar-refractivity contribution >= 4 is 18.3 Å². The number of halogens is 3. The van der Waals surface area contributed by atoms with Crippen molar-refractivity contribution in [3.8, 4) is 0 Å². The van der Waals surface area contributed by atoms with E-state index in [0.29, 0.717) is 12.1 Å². The maximum atomic E-state index is 12.4. The molecule has 1 aromatic carbocycles. The number of nitrogens with zero attached hydrogens (tertiary/aromatic N) is 1. The van der Waals surface area contributed by atoms with Gasteiger partial charge in [-0.2, -0.15) is 0 Å². The number of rotatable bonds is 5. The van der Waals surface area contributed by atoms with E-state index in [2.05, 4.69) is 0 Å². The lowest BCUT2D eigenvalue weighted by Gasteiger charge is -2.26. The smallest absolute Gasteiger partial charge is 0.255 e. The molecule has 1 rings (SSSR count). The third-order valence-corrected chi connectivity index (χ3v) is 2.66. The maximum Gasteiger partial charge on any atom is 0.255 e. The van der Waals surface area contributed by atoms with Crippen molar-refractivity contribution in [3.63, 3.8) is 0 Å². The Bertz CT molecular complexity index is 396. The number of amides is 1. The van der Waals surface area contributed by atoms with Gasteiger partial charge in [-0.3, -0.25) is 4.79 Å². The average Bonchev–Trinajstić information content (AvgIpc) is 2.34. The molecule has 19 heavy (non-hydrogen) atoms. The van der Waals surface area contributed by atoms with Gasteiger partial charge in [0.05, 0.1) is 6.54 Å². The first kappa shape index (κ1) is 17.8. The molecule has 0 aromatic heterocycles. The molecule has 0 saturated heterocycles. The van der Waals surface area contributed by atoms with Gasteiger partial charge in [-0.25, -0.2) is 8.78 Å². The van der Waals surface area contributed by atoms with E-state index in [-0.39, 0.29) is 24.4 Å². The zero-order valence-electron chi connectivity index (χ0n) is 11.0. The number of hydrogen-bond donors (Lipinski definition) is 1. The summed E-state index contributed by atoms with van der Waals surface area (Å²) >= 11 is 0. The van der Waals surface area contributed by atoms with Crippen molar-refractivity contribution in [2.75, 3.05) is 6.54 Å². The fourth-order valence-corrected chi connectivity index (χ4v) is 1.63. The molecule has 0 saturated carbocycles. The minimum Gasteiger partial charge on any atom is -0.330 e. The van der Waals surface area contributed by atoms with Crippen molar-refractivity contribution in [3.05, 3.63) is 35.4 Å². The molecule has 3 nitrogen and oxygen atoms in total. The summed E-state index contributed by atoms with van der Waals surface area (Å²) in [7, 11) is 0. The van der Waals surface area contributed by atoms with Crippen molar-refractivity contribution < 1.29 is 13.6 Å². The van der Waals surface area contributed by atoms with Crippen LogP contribution in [0.2, 0.25) is 0 Å². The fraction of sp³-hybridized carbons (Fsp3) is 0.462. The molecule has 0 aliphatic rings. The number of nitrogens with two attached hydrogens (primary N) is 1. The molecule has 2 N–H and O–H groups in total. The van der Waals surface area contributed by atoms with Crippen LogP contribution in [0.4, 0.5) is 8.78 Å². The highest BCUT2D eigenvalue weighted by molar-refractivity contribution is 5.94. The lowest BCUT2D eigenvalue weighted by Crippen LogP contribution is -2.40. The van der Waals surface area contributed by atoms with Gasteiger partial charge < -0.3 is 10.6 Å². The zero-order valence-corrected chi connectivity index (χ0v) is 11.8. The summed E-state index contributed by atoms with van der Waals surface area (Å²) in [6, 6.07) is 6.43. The van der Waals surface area contributed by atoms with Gasteiger partial charge in [0.15, 0.2) is 0 Å². The van der Waals surface area contributed by atoms with Crippen LogP contribution in [-0.2, 0) is 6.54 Å². The van der Waals surface area contributed by atoms with Gasteiger partial charge >= 0.3 is 0 Å². The van der Waals surface area contributed by atoms with E-state index in [9.17, 15) is 13.6 Å². The molecule has 0 aliphatic carbocycles. The fourth-order valence-electron chi connectivity index (χ4n) is 1.63. The molecular weight excluding hydrogens is 274 g/mol. The molecule has 0 unspecified atom stereocenters. The van der Waals surface area contributed by atoms with Gasteiger partial charge in [-0.15, -0.1) is 12.4 Å². The Balaban J connectivity index is 0.00000324. The minimum absolute atomic E-state index is 0. The largest absolute Gasteiger partial charge is 0.330 e. The third kappa shape index (κ3) is 5.12. The highest BCUT2D eigenvalue weighted by Gasteiger charge is 2.22. The molecule has 0 radical (unpaired) electrons. The molecule has 0 spiro atoms. The number of benzene rings is 1. The van der Waals surface area contributed by atoms with Gasteiger partial charge in [0, 0.05) is 18.2 Å². The SMILES string of the molecule is CC(C)N(CC(F)F)C(=O)c1ccc(CN)cc1.Cl. The van der Waals surface area contributed by atoms with Crippen LogP contribution in [0.15, 0.2) is 24.3 Å². The molecule has 0 atom stereocenters. The normalized spacial score (nSPS) is 10.5. The Morgan fingerprint density at radius 1 is 1.26 bits per heavy atom. The van der Waals surface area contributed by atoms with Gasteiger partial charge in [-0.1, -0.05) is 12.1 Å². The van der Waals surface area contributed by atoms with Crippen LogP contribution in [-0.4, -0.2) is 29.8 Å². The van der Waals surface area contributed by atoms with E-state index in [0.717, 1.165) is 5.56 Å². The monoisotopic (exact) mass is 292 g/mol. The first-order valence-corrected chi connectivity index (χ1v) is 5.83. The Hall–Kier alpha value is -1.20. The van der Waals surface area contributed by atoms with Gasteiger partial charge in [0.2, 0.25) is 0 Å². The standard InChI is InChI=1S/C13H18F2N2O.ClH/c1-9(2)17(8-12(14)15)13(18)11-5-3-10(7-16)4-6-11;/h3-6,9,12H,7-8,16H2,1-2H3;1H.